The molecule has 1 saturated carbocycles. The van der Waals surface area contributed by atoms with Gasteiger partial charge in [-0.3, -0.25) is 0 Å². The van der Waals surface area contributed by atoms with E-state index < -0.39 is 9.05 Å². The van der Waals surface area contributed by atoms with Gasteiger partial charge < -0.3 is 0 Å². The van der Waals surface area contributed by atoms with E-state index in [1.54, 1.807) is 24.4 Å². The molecule has 0 bridgehead atoms. The van der Waals surface area contributed by atoms with Crippen molar-refractivity contribution >= 4 is 31.3 Å². The fraction of sp³-hybridized carbons (Fsp3) is 0.273. The van der Waals surface area contributed by atoms with E-state index in [1.807, 2.05) is 0 Å². The van der Waals surface area contributed by atoms with Crippen LogP contribution < -0.4 is 0 Å². The first kappa shape index (κ1) is 12.9. The summed E-state index contributed by atoms with van der Waals surface area (Å²) in [5, 5.41) is 4.25. The summed E-state index contributed by atoms with van der Waals surface area (Å²) in [7, 11) is 1.53. The standard InChI is InChI=1S/C11H9Cl2N3O2S/c12-11-10(19(13,17)18)9(7-4-5-7)15-16(11)8-3-1-2-6-14-8/h1-3,6-7H,4-5H2. The molecule has 0 aromatic carbocycles. The minimum absolute atomic E-state index is 0.0180. The average Bonchev–Trinajstić information content (AvgIpc) is 3.13. The highest BCUT2D eigenvalue weighted by Gasteiger charge is 2.36. The van der Waals surface area contributed by atoms with Crippen molar-refractivity contribution in [2.75, 3.05) is 0 Å². The van der Waals surface area contributed by atoms with Gasteiger partial charge in [0.05, 0.1) is 5.69 Å². The maximum Gasteiger partial charge on any atom is 0.266 e. The van der Waals surface area contributed by atoms with E-state index in [4.69, 9.17) is 22.3 Å². The number of halogens is 2. The molecule has 0 saturated heterocycles. The molecule has 1 aliphatic carbocycles. The van der Waals surface area contributed by atoms with Crippen molar-refractivity contribution in [1.29, 1.82) is 0 Å². The molecule has 0 radical (unpaired) electrons. The van der Waals surface area contributed by atoms with Crippen molar-refractivity contribution in [2.24, 2.45) is 0 Å². The Morgan fingerprint density at radius 2 is 2.05 bits per heavy atom. The van der Waals surface area contributed by atoms with Gasteiger partial charge in [0.2, 0.25) is 0 Å². The van der Waals surface area contributed by atoms with Crippen LogP contribution in [0.25, 0.3) is 5.82 Å². The number of aromatic nitrogens is 3. The molecule has 8 heteroatoms. The second-order valence-electron chi connectivity index (χ2n) is 4.32. The van der Waals surface area contributed by atoms with E-state index in [-0.39, 0.29) is 16.0 Å². The predicted molar refractivity (Wildman–Crippen MR) is 71.4 cm³/mol. The minimum atomic E-state index is -3.93. The van der Waals surface area contributed by atoms with Crippen molar-refractivity contribution in [3.63, 3.8) is 0 Å². The topological polar surface area (TPSA) is 64.8 Å². The molecule has 0 amide bonds. The van der Waals surface area contributed by atoms with Crippen molar-refractivity contribution < 1.29 is 8.42 Å². The molecule has 2 heterocycles. The van der Waals surface area contributed by atoms with Gasteiger partial charge in [-0.1, -0.05) is 17.7 Å². The van der Waals surface area contributed by atoms with Gasteiger partial charge in [-0.15, -0.1) is 0 Å². The monoisotopic (exact) mass is 317 g/mol. The fourth-order valence-corrected chi connectivity index (χ4v) is 3.72. The van der Waals surface area contributed by atoms with Crippen molar-refractivity contribution in [2.45, 2.75) is 23.7 Å². The Hall–Kier alpha value is -1.11. The molecule has 0 atom stereocenters. The number of hydrogen-bond donors (Lipinski definition) is 0. The molecular weight excluding hydrogens is 309 g/mol. The molecule has 2 aromatic heterocycles. The molecule has 3 rings (SSSR count). The van der Waals surface area contributed by atoms with Crippen LogP contribution in [0.5, 0.6) is 0 Å². The SMILES string of the molecule is O=S(=O)(Cl)c1c(C2CC2)nn(-c2ccccn2)c1Cl. The second-order valence-corrected chi connectivity index (χ2v) is 7.18. The highest BCUT2D eigenvalue weighted by Crippen LogP contribution is 2.45. The third-order valence-electron chi connectivity index (χ3n) is 2.89. The van der Waals surface area contributed by atoms with Crippen molar-refractivity contribution in [3.05, 3.63) is 35.2 Å². The fourth-order valence-electron chi connectivity index (χ4n) is 1.88. The summed E-state index contributed by atoms with van der Waals surface area (Å²) in [5.41, 5.74) is 0.436. The molecule has 5 nitrogen and oxygen atoms in total. The highest BCUT2D eigenvalue weighted by atomic mass is 35.7. The Bertz CT molecular complexity index is 724. The Labute approximate surface area is 119 Å². The van der Waals surface area contributed by atoms with Crippen LogP contribution in [0.3, 0.4) is 0 Å². The minimum Gasteiger partial charge on any atom is -0.237 e. The van der Waals surface area contributed by atoms with Gasteiger partial charge in [0.1, 0.15) is 4.90 Å². The lowest BCUT2D eigenvalue weighted by atomic mass is 10.3. The van der Waals surface area contributed by atoms with Crippen molar-refractivity contribution in [1.82, 2.24) is 14.8 Å². The van der Waals surface area contributed by atoms with Gasteiger partial charge in [0.25, 0.3) is 9.05 Å². The maximum atomic E-state index is 11.7. The first-order valence-corrected chi connectivity index (χ1v) is 8.31. The Morgan fingerprint density at radius 3 is 2.58 bits per heavy atom. The van der Waals surface area contributed by atoms with E-state index >= 15 is 0 Å². The third-order valence-corrected chi connectivity index (χ3v) is 4.70. The highest BCUT2D eigenvalue weighted by molar-refractivity contribution is 8.13. The first-order chi connectivity index (χ1) is 8.98. The summed E-state index contributed by atoms with van der Waals surface area (Å²) in [5.74, 6) is 0.576. The predicted octanol–water partition coefficient (Wildman–Crippen LogP) is 2.73. The number of pyridine rings is 1. The summed E-state index contributed by atoms with van der Waals surface area (Å²) >= 11 is 6.12. The molecule has 0 spiro atoms. The number of rotatable bonds is 3. The van der Waals surface area contributed by atoms with E-state index in [2.05, 4.69) is 10.1 Å². The summed E-state index contributed by atoms with van der Waals surface area (Å²) in [6.07, 6.45) is 3.38. The molecule has 0 N–H and O–H groups in total. The summed E-state index contributed by atoms with van der Waals surface area (Å²) in [4.78, 5) is 4.01. The maximum absolute atomic E-state index is 11.7. The molecular formula is C11H9Cl2N3O2S. The lowest BCUT2D eigenvalue weighted by Gasteiger charge is -2.00. The zero-order chi connectivity index (χ0) is 13.6. The smallest absolute Gasteiger partial charge is 0.237 e. The molecule has 100 valence electrons. The first-order valence-electron chi connectivity index (χ1n) is 5.63. The van der Waals surface area contributed by atoms with Gasteiger partial charge in [0, 0.05) is 22.8 Å². The van der Waals surface area contributed by atoms with E-state index in [0.29, 0.717) is 11.5 Å². The van der Waals surface area contributed by atoms with Gasteiger partial charge in [-0.2, -0.15) is 5.10 Å². The molecule has 1 fully saturated rings. The zero-order valence-electron chi connectivity index (χ0n) is 9.62. The van der Waals surface area contributed by atoms with Crippen LogP contribution in [0.4, 0.5) is 0 Å². The van der Waals surface area contributed by atoms with Crippen LogP contribution in [-0.2, 0) is 9.05 Å². The lowest BCUT2D eigenvalue weighted by molar-refractivity contribution is 0.608. The largest absolute Gasteiger partial charge is 0.266 e. The number of nitrogens with zero attached hydrogens (tertiary/aromatic N) is 3. The Morgan fingerprint density at radius 1 is 1.32 bits per heavy atom. The van der Waals surface area contributed by atoms with E-state index in [0.717, 1.165) is 12.8 Å². The second kappa shape index (κ2) is 4.47. The van der Waals surface area contributed by atoms with Gasteiger partial charge >= 0.3 is 0 Å². The molecule has 0 aliphatic heterocycles. The van der Waals surface area contributed by atoms with E-state index in [1.165, 1.54) is 4.68 Å². The van der Waals surface area contributed by atoms with Crippen LogP contribution in [-0.4, -0.2) is 23.2 Å². The summed E-state index contributed by atoms with van der Waals surface area (Å²) in [6.45, 7) is 0. The van der Waals surface area contributed by atoms with Crippen LogP contribution >= 0.6 is 22.3 Å². The van der Waals surface area contributed by atoms with E-state index in [9.17, 15) is 8.42 Å². The summed E-state index contributed by atoms with van der Waals surface area (Å²) < 4.78 is 24.6. The van der Waals surface area contributed by atoms with Crippen LogP contribution in [0.2, 0.25) is 5.15 Å². The Balaban J connectivity index is 2.23. The zero-order valence-corrected chi connectivity index (χ0v) is 12.0. The lowest BCUT2D eigenvalue weighted by Crippen LogP contribution is -1.99. The van der Waals surface area contributed by atoms with Gasteiger partial charge in [-0.25, -0.2) is 18.1 Å². The van der Waals surface area contributed by atoms with Crippen LogP contribution in [0.1, 0.15) is 24.5 Å². The molecule has 19 heavy (non-hydrogen) atoms. The number of hydrogen-bond acceptors (Lipinski definition) is 4. The Kier molecular flexibility index (Phi) is 3.03. The normalized spacial score (nSPS) is 15.7. The molecule has 2 aromatic rings. The van der Waals surface area contributed by atoms with Crippen molar-refractivity contribution in [3.8, 4) is 5.82 Å². The van der Waals surface area contributed by atoms with Gasteiger partial charge in [0.15, 0.2) is 11.0 Å². The molecule has 0 unspecified atom stereocenters. The molecule has 1 aliphatic rings. The summed E-state index contributed by atoms with van der Waals surface area (Å²) in [6, 6.07) is 5.22. The van der Waals surface area contributed by atoms with Gasteiger partial charge in [-0.05, 0) is 25.0 Å². The average molecular weight is 318 g/mol. The third kappa shape index (κ3) is 2.35. The van der Waals surface area contributed by atoms with Crippen LogP contribution in [0, 0.1) is 0 Å². The van der Waals surface area contributed by atoms with Crippen LogP contribution in [0.15, 0.2) is 29.3 Å². The quantitative estimate of drug-likeness (QED) is 0.816.